The minimum atomic E-state index is -3.79. The highest BCUT2D eigenvalue weighted by Gasteiger charge is 2.18. The van der Waals surface area contributed by atoms with Crippen molar-refractivity contribution in [3.63, 3.8) is 0 Å². The standard InChI is InChI=1S/C16H18O3S/c1-11-5-8-16(14(4)9-11)19-20(17,18)15-7-6-12(2)13(3)10-15/h5-10H,1-4H3. The topological polar surface area (TPSA) is 43.4 Å². The van der Waals surface area contributed by atoms with Gasteiger partial charge >= 0.3 is 10.1 Å². The van der Waals surface area contributed by atoms with Gasteiger partial charge in [0.1, 0.15) is 10.6 Å². The lowest BCUT2D eigenvalue weighted by Crippen LogP contribution is -2.11. The van der Waals surface area contributed by atoms with Gasteiger partial charge in [-0.3, -0.25) is 0 Å². The van der Waals surface area contributed by atoms with Crippen molar-refractivity contribution in [1.29, 1.82) is 0 Å². The van der Waals surface area contributed by atoms with Crippen LogP contribution in [-0.2, 0) is 10.1 Å². The fourth-order valence-corrected chi connectivity index (χ4v) is 3.00. The molecule has 3 nitrogen and oxygen atoms in total. The average molecular weight is 290 g/mol. The Morgan fingerprint density at radius 3 is 2.10 bits per heavy atom. The van der Waals surface area contributed by atoms with Crippen molar-refractivity contribution in [3.8, 4) is 5.75 Å². The molecule has 0 amide bonds. The summed E-state index contributed by atoms with van der Waals surface area (Å²) in [7, 11) is -3.79. The van der Waals surface area contributed by atoms with Crippen LogP contribution in [0.4, 0.5) is 0 Å². The number of benzene rings is 2. The van der Waals surface area contributed by atoms with E-state index in [-0.39, 0.29) is 4.90 Å². The first-order valence-electron chi connectivity index (χ1n) is 6.38. The molecule has 0 unspecified atom stereocenters. The molecule has 0 N–H and O–H groups in total. The maximum atomic E-state index is 12.3. The first-order chi connectivity index (χ1) is 9.29. The summed E-state index contributed by atoms with van der Waals surface area (Å²) in [5.41, 5.74) is 3.85. The van der Waals surface area contributed by atoms with Crippen molar-refractivity contribution in [2.24, 2.45) is 0 Å². The van der Waals surface area contributed by atoms with E-state index in [1.54, 1.807) is 24.3 Å². The van der Waals surface area contributed by atoms with E-state index in [1.807, 2.05) is 39.8 Å². The summed E-state index contributed by atoms with van der Waals surface area (Å²) >= 11 is 0. The highest BCUT2D eigenvalue weighted by molar-refractivity contribution is 7.87. The van der Waals surface area contributed by atoms with Gasteiger partial charge in [0, 0.05) is 0 Å². The van der Waals surface area contributed by atoms with Crippen molar-refractivity contribution in [2.75, 3.05) is 0 Å². The molecule has 0 fully saturated rings. The molecular weight excluding hydrogens is 272 g/mol. The Labute approximate surface area is 120 Å². The number of hydrogen-bond acceptors (Lipinski definition) is 3. The lowest BCUT2D eigenvalue weighted by Gasteiger charge is -2.11. The summed E-state index contributed by atoms with van der Waals surface area (Å²) in [6, 6.07) is 10.4. The zero-order chi connectivity index (χ0) is 14.9. The van der Waals surface area contributed by atoms with Gasteiger partial charge in [0.15, 0.2) is 0 Å². The van der Waals surface area contributed by atoms with Crippen LogP contribution < -0.4 is 4.18 Å². The van der Waals surface area contributed by atoms with Crippen LogP contribution in [0.3, 0.4) is 0 Å². The van der Waals surface area contributed by atoms with E-state index in [0.717, 1.165) is 22.3 Å². The lowest BCUT2D eigenvalue weighted by molar-refractivity contribution is 0.484. The molecule has 20 heavy (non-hydrogen) atoms. The van der Waals surface area contributed by atoms with Gasteiger partial charge in [-0.1, -0.05) is 23.8 Å². The zero-order valence-corrected chi connectivity index (χ0v) is 12.9. The molecule has 0 spiro atoms. The summed E-state index contributed by atoms with van der Waals surface area (Å²) in [4.78, 5) is 0.181. The van der Waals surface area contributed by atoms with Crippen molar-refractivity contribution < 1.29 is 12.6 Å². The molecule has 0 heterocycles. The minimum Gasteiger partial charge on any atom is -0.379 e. The SMILES string of the molecule is Cc1ccc(OS(=O)(=O)c2ccc(C)c(C)c2)c(C)c1. The number of hydrogen-bond donors (Lipinski definition) is 0. The van der Waals surface area contributed by atoms with Crippen LogP contribution in [0.5, 0.6) is 5.75 Å². The van der Waals surface area contributed by atoms with E-state index in [4.69, 9.17) is 4.18 Å². The Hall–Kier alpha value is -1.81. The van der Waals surface area contributed by atoms with Gasteiger partial charge in [-0.05, 0) is 62.6 Å². The van der Waals surface area contributed by atoms with Crippen LogP contribution in [0, 0.1) is 27.7 Å². The Balaban J connectivity index is 2.38. The highest BCUT2D eigenvalue weighted by atomic mass is 32.2. The van der Waals surface area contributed by atoms with E-state index in [9.17, 15) is 8.42 Å². The molecule has 0 aliphatic carbocycles. The second-order valence-electron chi connectivity index (χ2n) is 5.05. The smallest absolute Gasteiger partial charge is 0.339 e. The quantitative estimate of drug-likeness (QED) is 0.810. The Kier molecular flexibility index (Phi) is 3.86. The Morgan fingerprint density at radius 2 is 1.50 bits per heavy atom. The molecule has 0 atom stereocenters. The molecule has 2 aromatic carbocycles. The Bertz CT molecular complexity index is 746. The second kappa shape index (κ2) is 5.29. The van der Waals surface area contributed by atoms with Crippen molar-refractivity contribution >= 4 is 10.1 Å². The van der Waals surface area contributed by atoms with Gasteiger partial charge in [0.05, 0.1) is 0 Å². The normalized spacial score (nSPS) is 11.4. The molecule has 2 aromatic rings. The molecule has 4 heteroatoms. The van der Waals surface area contributed by atoms with Crippen molar-refractivity contribution in [3.05, 3.63) is 58.7 Å². The van der Waals surface area contributed by atoms with Gasteiger partial charge in [-0.2, -0.15) is 8.42 Å². The van der Waals surface area contributed by atoms with Gasteiger partial charge in [0.25, 0.3) is 0 Å². The summed E-state index contributed by atoms with van der Waals surface area (Å²) in [5.74, 6) is 0.369. The molecule has 0 saturated heterocycles. The molecule has 0 bridgehead atoms. The summed E-state index contributed by atoms with van der Waals surface area (Å²) in [6.45, 7) is 7.61. The second-order valence-corrected chi connectivity index (χ2v) is 6.60. The summed E-state index contributed by atoms with van der Waals surface area (Å²) in [5, 5.41) is 0. The predicted octanol–water partition coefficient (Wildman–Crippen LogP) is 3.69. The van der Waals surface area contributed by atoms with Crippen LogP contribution in [-0.4, -0.2) is 8.42 Å². The first kappa shape index (κ1) is 14.6. The van der Waals surface area contributed by atoms with E-state index >= 15 is 0 Å². The molecule has 2 rings (SSSR count). The van der Waals surface area contributed by atoms with E-state index in [2.05, 4.69) is 0 Å². The van der Waals surface area contributed by atoms with Crippen LogP contribution >= 0.6 is 0 Å². The first-order valence-corrected chi connectivity index (χ1v) is 7.79. The molecule has 106 valence electrons. The summed E-state index contributed by atoms with van der Waals surface area (Å²) < 4.78 is 29.8. The van der Waals surface area contributed by atoms with E-state index in [0.29, 0.717) is 5.75 Å². The largest absolute Gasteiger partial charge is 0.379 e. The highest BCUT2D eigenvalue weighted by Crippen LogP contribution is 2.24. The van der Waals surface area contributed by atoms with Crippen molar-refractivity contribution in [1.82, 2.24) is 0 Å². The number of rotatable bonds is 3. The molecule has 0 aliphatic rings. The van der Waals surface area contributed by atoms with Gasteiger partial charge < -0.3 is 4.18 Å². The van der Waals surface area contributed by atoms with Gasteiger partial charge in [0.2, 0.25) is 0 Å². The molecule has 0 aliphatic heterocycles. The van der Waals surface area contributed by atoms with Crippen LogP contribution in [0.1, 0.15) is 22.3 Å². The third-order valence-electron chi connectivity index (χ3n) is 3.30. The Morgan fingerprint density at radius 1 is 0.800 bits per heavy atom. The zero-order valence-electron chi connectivity index (χ0n) is 12.1. The monoisotopic (exact) mass is 290 g/mol. The lowest BCUT2D eigenvalue weighted by atomic mass is 10.1. The van der Waals surface area contributed by atoms with E-state index in [1.165, 1.54) is 0 Å². The van der Waals surface area contributed by atoms with Gasteiger partial charge in [-0.15, -0.1) is 0 Å². The maximum absolute atomic E-state index is 12.3. The maximum Gasteiger partial charge on any atom is 0.339 e. The molecule has 0 saturated carbocycles. The third kappa shape index (κ3) is 3.02. The van der Waals surface area contributed by atoms with Gasteiger partial charge in [-0.25, -0.2) is 0 Å². The summed E-state index contributed by atoms with van der Waals surface area (Å²) in [6.07, 6.45) is 0. The third-order valence-corrected chi connectivity index (χ3v) is 4.53. The minimum absolute atomic E-state index is 0.181. The van der Waals surface area contributed by atoms with Crippen molar-refractivity contribution in [2.45, 2.75) is 32.6 Å². The van der Waals surface area contributed by atoms with Crippen LogP contribution in [0.2, 0.25) is 0 Å². The average Bonchev–Trinajstić information content (AvgIpc) is 2.36. The molecular formula is C16H18O3S. The number of aryl methyl sites for hydroxylation is 4. The predicted molar refractivity (Wildman–Crippen MR) is 79.6 cm³/mol. The molecule has 0 aromatic heterocycles. The van der Waals surface area contributed by atoms with Crippen LogP contribution in [0.25, 0.3) is 0 Å². The fourth-order valence-electron chi connectivity index (χ4n) is 1.93. The van der Waals surface area contributed by atoms with E-state index < -0.39 is 10.1 Å². The van der Waals surface area contributed by atoms with Crippen LogP contribution in [0.15, 0.2) is 41.3 Å². The fraction of sp³-hybridized carbons (Fsp3) is 0.250. The molecule has 0 radical (unpaired) electrons.